The van der Waals surface area contributed by atoms with Crippen LogP contribution in [0.15, 0.2) is 24.3 Å². The number of halogens is 1. The molecule has 5 nitrogen and oxygen atoms in total. The molecule has 0 bridgehead atoms. The summed E-state index contributed by atoms with van der Waals surface area (Å²) in [5.74, 6) is -1.35. The van der Waals surface area contributed by atoms with E-state index in [0.717, 1.165) is 5.56 Å². The van der Waals surface area contributed by atoms with Gasteiger partial charge in [0.25, 0.3) is 0 Å². The van der Waals surface area contributed by atoms with Crippen LogP contribution in [0.4, 0.5) is 4.39 Å². The van der Waals surface area contributed by atoms with Gasteiger partial charge in [-0.15, -0.1) is 0 Å². The summed E-state index contributed by atoms with van der Waals surface area (Å²) in [4.78, 5) is 24.8. The quantitative estimate of drug-likeness (QED) is 0.841. The van der Waals surface area contributed by atoms with Crippen LogP contribution >= 0.6 is 0 Å². The third-order valence-electron chi connectivity index (χ3n) is 4.22. The Hall–Kier alpha value is -1.95. The first-order chi connectivity index (χ1) is 10.9. The van der Waals surface area contributed by atoms with Gasteiger partial charge in [-0.3, -0.25) is 14.5 Å². The molecule has 1 aliphatic rings. The summed E-state index contributed by atoms with van der Waals surface area (Å²) < 4.78 is 12.9. The fourth-order valence-corrected chi connectivity index (χ4v) is 2.96. The first kappa shape index (κ1) is 17.4. The summed E-state index contributed by atoms with van der Waals surface area (Å²) in [6.07, 6.45) is 2.66. The Balaban J connectivity index is 1.72. The average Bonchev–Trinajstić information content (AvgIpc) is 2.50. The molecule has 1 saturated carbocycles. The lowest BCUT2D eigenvalue weighted by atomic mass is 9.86. The molecule has 0 atom stereocenters. The van der Waals surface area contributed by atoms with E-state index in [4.69, 9.17) is 5.11 Å². The molecule has 0 spiro atoms. The van der Waals surface area contributed by atoms with Crippen LogP contribution in [0.25, 0.3) is 0 Å². The van der Waals surface area contributed by atoms with Crippen molar-refractivity contribution in [2.45, 2.75) is 38.3 Å². The van der Waals surface area contributed by atoms with Gasteiger partial charge >= 0.3 is 5.97 Å². The molecule has 1 amide bonds. The first-order valence-corrected chi connectivity index (χ1v) is 7.89. The van der Waals surface area contributed by atoms with Gasteiger partial charge < -0.3 is 10.4 Å². The van der Waals surface area contributed by atoms with Gasteiger partial charge in [0.2, 0.25) is 5.91 Å². The van der Waals surface area contributed by atoms with Gasteiger partial charge in [0.15, 0.2) is 0 Å². The molecule has 0 aromatic heterocycles. The number of carboxylic acid groups (broad SMARTS) is 1. The molecule has 0 unspecified atom stereocenters. The Labute approximate surface area is 135 Å². The second kappa shape index (κ2) is 8.06. The average molecular weight is 322 g/mol. The molecule has 1 aromatic rings. The predicted molar refractivity (Wildman–Crippen MR) is 84.3 cm³/mol. The molecule has 0 saturated heterocycles. The second-order valence-electron chi connectivity index (χ2n) is 6.25. The Kier molecular flexibility index (Phi) is 6.10. The van der Waals surface area contributed by atoms with Crippen LogP contribution in [0.3, 0.4) is 0 Å². The van der Waals surface area contributed by atoms with Crippen LogP contribution in [0.2, 0.25) is 0 Å². The number of carboxylic acids is 1. The van der Waals surface area contributed by atoms with Crippen molar-refractivity contribution in [3.63, 3.8) is 0 Å². The highest BCUT2D eigenvalue weighted by atomic mass is 19.1. The van der Waals surface area contributed by atoms with Crippen LogP contribution in [0, 0.1) is 11.7 Å². The molecule has 2 N–H and O–H groups in total. The molecular formula is C17H23FN2O3. The van der Waals surface area contributed by atoms with E-state index in [1.807, 2.05) is 11.9 Å². The summed E-state index contributed by atoms with van der Waals surface area (Å²) in [7, 11) is 1.84. The molecule has 6 heteroatoms. The number of aliphatic carboxylic acids is 1. The Morgan fingerprint density at radius 1 is 1.22 bits per heavy atom. The van der Waals surface area contributed by atoms with E-state index in [0.29, 0.717) is 32.2 Å². The van der Waals surface area contributed by atoms with Gasteiger partial charge in [-0.25, -0.2) is 4.39 Å². The lowest BCUT2D eigenvalue weighted by Gasteiger charge is -2.27. The van der Waals surface area contributed by atoms with Crippen LogP contribution in [-0.2, 0) is 16.1 Å². The van der Waals surface area contributed by atoms with Crippen molar-refractivity contribution in [2.75, 3.05) is 13.6 Å². The van der Waals surface area contributed by atoms with Crippen LogP contribution in [0.5, 0.6) is 0 Å². The third-order valence-corrected chi connectivity index (χ3v) is 4.22. The molecule has 1 aromatic carbocycles. The predicted octanol–water partition coefficient (Wildman–Crippen LogP) is 2.02. The Morgan fingerprint density at radius 3 is 2.39 bits per heavy atom. The molecule has 1 fully saturated rings. The van der Waals surface area contributed by atoms with Crippen LogP contribution in [0.1, 0.15) is 31.2 Å². The summed E-state index contributed by atoms with van der Waals surface area (Å²) in [5.41, 5.74) is 0.948. The van der Waals surface area contributed by atoms with E-state index < -0.39 is 5.97 Å². The van der Waals surface area contributed by atoms with Crippen LogP contribution in [-0.4, -0.2) is 41.5 Å². The molecule has 0 heterocycles. The highest BCUT2D eigenvalue weighted by Crippen LogP contribution is 2.24. The van der Waals surface area contributed by atoms with E-state index in [-0.39, 0.29) is 30.2 Å². The van der Waals surface area contributed by atoms with E-state index in [9.17, 15) is 14.0 Å². The SMILES string of the molecule is CN(CC(=O)NC1CCC(C(=O)O)CC1)Cc1ccc(F)cc1. The normalized spacial score (nSPS) is 21.2. The van der Waals surface area contributed by atoms with Crippen molar-refractivity contribution < 1.29 is 19.1 Å². The number of carbonyl (C=O) groups is 2. The largest absolute Gasteiger partial charge is 0.481 e. The topological polar surface area (TPSA) is 69.6 Å². The molecule has 23 heavy (non-hydrogen) atoms. The maximum Gasteiger partial charge on any atom is 0.306 e. The maximum atomic E-state index is 12.9. The molecule has 2 rings (SSSR count). The monoisotopic (exact) mass is 322 g/mol. The zero-order valence-electron chi connectivity index (χ0n) is 13.3. The number of rotatable bonds is 6. The zero-order chi connectivity index (χ0) is 16.8. The van der Waals surface area contributed by atoms with Gasteiger partial charge in [0.1, 0.15) is 5.82 Å². The number of hydrogen-bond donors (Lipinski definition) is 2. The fourth-order valence-electron chi connectivity index (χ4n) is 2.96. The zero-order valence-corrected chi connectivity index (χ0v) is 13.3. The molecular weight excluding hydrogens is 299 g/mol. The fraction of sp³-hybridized carbons (Fsp3) is 0.529. The number of nitrogens with one attached hydrogen (secondary N) is 1. The number of hydrogen-bond acceptors (Lipinski definition) is 3. The lowest BCUT2D eigenvalue weighted by Crippen LogP contribution is -2.43. The number of carbonyl (C=O) groups excluding carboxylic acids is 1. The lowest BCUT2D eigenvalue weighted by molar-refractivity contribution is -0.142. The molecule has 126 valence electrons. The highest BCUT2D eigenvalue weighted by molar-refractivity contribution is 5.78. The summed E-state index contributed by atoms with van der Waals surface area (Å²) in [6, 6.07) is 6.29. The van der Waals surface area contributed by atoms with Gasteiger partial charge in [0.05, 0.1) is 12.5 Å². The molecule has 1 aliphatic carbocycles. The Morgan fingerprint density at radius 2 is 1.83 bits per heavy atom. The van der Waals surface area contributed by atoms with E-state index in [1.165, 1.54) is 12.1 Å². The van der Waals surface area contributed by atoms with Gasteiger partial charge in [-0.2, -0.15) is 0 Å². The Bertz CT molecular complexity index is 539. The summed E-state index contributed by atoms with van der Waals surface area (Å²) in [6.45, 7) is 0.829. The van der Waals surface area contributed by atoms with Gasteiger partial charge in [0, 0.05) is 12.6 Å². The van der Waals surface area contributed by atoms with E-state index >= 15 is 0 Å². The molecule has 0 radical (unpaired) electrons. The van der Waals surface area contributed by atoms with Crippen molar-refractivity contribution in [3.05, 3.63) is 35.6 Å². The number of nitrogens with zero attached hydrogens (tertiary/aromatic N) is 1. The minimum atomic E-state index is -0.742. The number of benzene rings is 1. The number of likely N-dealkylation sites (N-methyl/N-ethyl adjacent to an activating group) is 1. The first-order valence-electron chi connectivity index (χ1n) is 7.89. The van der Waals surface area contributed by atoms with Crippen molar-refractivity contribution in [1.29, 1.82) is 0 Å². The minimum Gasteiger partial charge on any atom is -0.481 e. The second-order valence-corrected chi connectivity index (χ2v) is 6.25. The smallest absolute Gasteiger partial charge is 0.306 e. The van der Waals surface area contributed by atoms with Crippen LogP contribution < -0.4 is 5.32 Å². The third kappa shape index (κ3) is 5.63. The maximum absolute atomic E-state index is 12.9. The van der Waals surface area contributed by atoms with Crippen molar-refractivity contribution in [1.82, 2.24) is 10.2 Å². The van der Waals surface area contributed by atoms with Gasteiger partial charge in [-0.1, -0.05) is 12.1 Å². The van der Waals surface area contributed by atoms with Crippen molar-refractivity contribution in [3.8, 4) is 0 Å². The van der Waals surface area contributed by atoms with Crippen molar-refractivity contribution in [2.24, 2.45) is 5.92 Å². The highest BCUT2D eigenvalue weighted by Gasteiger charge is 2.26. The van der Waals surface area contributed by atoms with E-state index in [2.05, 4.69) is 5.32 Å². The van der Waals surface area contributed by atoms with Crippen molar-refractivity contribution >= 4 is 11.9 Å². The summed E-state index contributed by atoms with van der Waals surface area (Å²) in [5, 5.41) is 11.9. The minimum absolute atomic E-state index is 0.0617. The van der Waals surface area contributed by atoms with Gasteiger partial charge in [-0.05, 0) is 50.4 Å². The molecule has 0 aliphatic heterocycles. The summed E-state index contributed by atoms with van der Waals surface area (Å²) >= 11 is 0. The van der Waals surface area contributed by atoms with E-state index in [1.54, 1.807) is 12.1 Å². The number of amides is 1. The standard InChI is InChI=1S/C17H23FN2O3/c1-20(10-12-2-6-14(18)7-3-12)11-16(21)19-15-8-4-13(5-9-15)17(22)23/h2-3,6-7,13,15H,4-5,8-11H2,1H3,(H,19,21)(H,22,23).